The fourth-order valence-electron chi connectivity index (χ4n) is 3.27. The zero-order chi connectivity index (χ0) is 20.9. The molecule has 28 heavy (non-hydrogen) atoms. The van der Waals surface area contributed by atoms with Crippen molar-refractivity contribution in [3.05, 3.63) is 51.8 Å². The maximum absolute atomic E-state index is 13.3. The Bertz CT molecular complexity index is 816. The van der Waals surface area contributed by atoms with Crippen LogP contribution in [0.1, 0.15) is 56.5 Å². The number of benzene rings is 1. The third kappa shape index (κ3) is 5.42. The van der Waals surface area contributed by atoms with E-state index in [2.05, 4.69) is 9.68 Å². The lowest BCUT2D eigenvalue weighted by atomic mass is 9.86. The van der Waals surface area contributed by atoms with E-state index in [1.807, 2.05) is 13.8 Å². The molecule has 0 amide bonds. The Balaban J connectivity index is 0.00000136. The van der Waals surface area contributed by atoms with Crippen LogP contribution in [0.4, 0.5) is 22.0 Å². The van der Waals surface area contributed by atoms with E-state index in [4.69, 9.17) is 0 Å². The van der Waals surface area contributed by atoms with Crippen molar-refractivity contribution in [1.29, 1.82) is 0 Å². The lowest BCUT2D eigenvalue weighted by Gasteiger charge is -2.28. The molecule has 0 N–H and O–H groups in total. The highest BCUT2D eigenvalue weighted by Crippen LogP contribution is 2.37. The molecule has 1 aromatic carbocycles. The largest absolute Gasteiger partial charge is 0.441 e. The van der Waals surface area contributed by atoms with Gasteiger partial charge in [0.15, 0.2) is 5.82 Å². The van der Waals surface area contributed by atoms with Gasteiger partial charge in [0.1, 0.15) is 0 Å². The first-order chi connectivity index (χ1) is 13.2. The second-order valence-corrected chi connectivity index (χ2v) is 6.61. The molecule has 0 atom stereocenters. The molecule has 0 spiro atoms. The van der Waals surface area contributed by atoms with Crippen LogP contribution in [-0.2, 0) is 19.1 Å². The van der Waals surface area contributed by atoms with E-state index >= 15 is 0 Å². The van der Waals surface area contributed by atoms with Gasteiger partial charge < -0.3 is 0 Å². The minimum absolute atomic E-state index is 0.0303. The first kappa shape index (κ1) is 22.1. The summed E-state index contributed by atoms with van der Waals surface area (Å²) >= 11 is 0. The van der Waals surface area contributed by atoms with Crippen LogP contribution in [0.15, 0.2) is 33.6 Å². The molecule has 1 aliphatic carbocycles. The molecule has 4 nitrogen and oxygen atoms in total. The van der Waals surface area contributed by atoms with E-state index in [-0.39, 0.29) is 56.0 Å². The summed E-state index contributed by atoms with van der Waals surface area (Å²) in [4.78, 5) is 11.9. The van der Waals surface area contributed by atoms with Gasteiger partial charge in [-0.2, -0.15) is 13.2 Å². The van der Waals surface area contributed by atoms with Crippen molar-refractivity contribution in [2.24, 2.45) is 5.92 Å². The lowest BCUT2D eigenvalue weighted by Crippen LogP contribution is -2.29. The molecule has 0 bridgehead atoms. The highest BCUT2D eigenvalue weighted by atomic mass is 19.4. The Morgan fingerprint density at radius 3 is 2.39 bits per heavy atom. The van der Waals surface area contributed by atoms with Crippen molar-refractivity contribution in [2.75, 3.05) is 0 Å². The van der Waals surface area contributed by atoms with Crippen molar-refractivity contribution in [3.8, 4) is 0 Å². The first-order valence-corrected chi connectivity index (χ1v) is 9.24. The predicted octanol–water partition coefficient (Wildman–Crippen LogP) is 5.30. The van der Waals surface area contributed by atoms with Crippen LogP contribution in [0.3, 0.4) is 0 Å². The van der Waals surface area contributed by atoms with Crippen LogP contribution < -0.4 is 5.76 Å². The monoisotopic (exact) mass is 406 g/mol. The fraction of sp³-hybridized carbons (Fsp3) is 0.579. The van der Waals surface area contributed by atoms with Crippen LogP contribution in [0.2, 0.25) is 0 Å². The van der Waals surface area contributed by atoms with Gasteiger partial charge in [-0.3, -0.25) is 9.09 Å². The van der Waals surface area contributed by atoms with Crippen LogP contribution in [-0.4, -0.2) is 15.6 Å². The second-order valence-electron chi connectivity index (χ2n) is 6.61. The molecule has 1 aromatic heterocycles. The van der Waals surface area contributed by atoms with Gasteiger partial charge >= 0.3 is 11.9 Å². The molecule has 0 aliphatic heterocycles. The van der Waals surface area contributed by atoms with Gasteiger partial charge in [0.05, 0.1) is 5.56 Å². The summed E-state index contributed by atoms with van der Waals surface area (Å²) in [6, 6.07) is 5.02. The lowest BCUT2D eigenvalue weighted by molar-refractivity contribution is -0.138. The Morgan fingerprint density at radius 1 is 1.18 bits per heavy atom. The van der Waals surface area contributed by atoms with Crippen molar-refractivity contribution >= 4 is 0 Å². The number of aromatic nitrogens is 2. The molecule has 1 aliphatic rings. The fourth-order valence-corrected chi connectivity index (χ4v) is 3.27. The summed E-state index contributed by atoms with van der Waals surface area (Å²) in [5.74, 6) is -3.58. The standard InChI is InChI=1S/C17H17F5N2O2.C2H6/c18-16(19)7-5-11(6-8-16)10-24-14(23-26-15(24)25)9-12-3-1-2-4-13(12)17(20,21)22;1-2/h1-4,11H,5-10H2;1-2H3. The van der Waals surface area contributed by atoms with Gasteiger partial charge in [0.25, 0.3) is 0 Å². The average molecular weight is 406 g/mol. The van der Waals surface area contributed by atoms with Gasteiger partial charge in [0.2, 0.25) is 5.92 Å². The van der Waals surface area contributed by atoms with E-state index in [1.165, 1.54) is 18.2 Å². The molecule has 0 saturated heterocycles. The summed E-state index contributed by atoms with van der Waals surface area (Å²) in [6.45, 7) is 4.11. The number of alkyl halides is 5. The maximum Gasteiger partial charge on any atom is 0.441 e. The van der Waals surface area contributed by atoms with E-state index < -0.39 is 23.4 Å². The Kier molecular flexibility index (Phi) is 7.01. The SMILES string of the molecule is CC.O=c1onc(Cc2ccccc2C(F)(F)F)n1CC1CCC(F)(F)CC1. The maximum atomic E-state index is 13.3. The van der Waals surface area contributed by atoms with Crippen LogP contribution in [0, 0.1) is 5.92 Å². The topological polar surface area (TPSA) is 48.0 Å². The highest BCUT2D eigenvalue weighted by molar-refractivity contribution is 5.31. The Morgan fingerprint density at radius 2 is 1.79 bits per heavy atom. The molecule has 2 aromatic rings. The van der Waals surface area contributed by atoms with E-state index in [0.29, 0.717) is 0 Å². The quantitative estimate of drug-likeness (QED) is 0.648. The van der Waals surface area contributed by atoms with Gasteiger partial charge in [-0.05, 0) is 30.4 Å². The summed E-state index contributed by atoms with van der Waals surface area (Å²) in [6.07, 6.45) is -4.80. The van der Waals surface area contributed by atoms with Gasteiger partial charge in [-0.15, -0.1) is 0 Å². The minimum atomic E-state index is -4.53. The van der Waals surface area contributed by atoms with Crippen molar-refractivity contribution in [1.82, 2.24) is 9.72 Å². The average Bonchev–Trinajstić information content (AvgIpc) is 2.98. The van der Waals surface area contributed by atoms with E-state index in [9.17, 15) is 26.7 Å². The van der Waals surface area contributed by atoms with Gasteiger partial charge in [0, 0.05) is 25.8 Å². The molecule has 1 heterocycles. The molecule has 3 rings (SSSR count). The molecule has 9 heteroatoms. The number of rotatable bonds is 4. The molecule has 0 radical (unpaired) electrons. The highest BCUT2D eigenvalue weighted by Gasteiger charge is 2.36. The normalized spacial score (nSPS) is 17.1. The van der Waals surface area contributed by atoms with Gasteiger partial charge in [-0.1, -0.05) is 37.2 Å². The third-order valence-electron chi connectivity index (χ3n) is 4.71. The zero-order valence-electron chi connectivity index (χ0n) is 15.7. The number of hydrogen-bond acceptors (Lipinski definition) is 3. The summed E-state index contributed by atoms with van der Waals surface area (Å²) in [5.41, 5.74) is -0.837. The van der Waals surface area contributed by atoms with Crippen molar-refractivity contribution in [3.63, 3.8) is 0 Å². The van der Waals surface area contributed by atoms with Crippen LogP contribution in [0.25, 0.3) is 0 Å². The van der Waals surface area contributed by atoms with E-state index in [1.54, 1.807) is 0 Å². The summed E-state index contributed by atoms with van der Waals surface area (Å²) < 4.78 is 71.6. The molecule has 1 saturated carbocycles. The first-order valence-electron chi connectivity index (χ1n) is 9.24. The third-order valence-corrected chi connectivity index (χ3v) is 4.71. The minimum Gasteiger partial charge on any atom is -0.296 e. The van der Waals surface area contributed by atoms with Crippen LogP contribution >= 0.6 is 0 Å². The van der Waals surface area contributed by atoms with Crippen LogP contribution in [0.5, 0.6) is 0 Å². The summed E-state index contributed by atoms with van der Waals surface area (Å²) in [7, 11) is 0. The predicted molar refractivity (Wildman–Crippen MR) is 93.3 cm³/mol. The van der Waals surface area contributed by atoms with Gasteiger partial charge in [-0.25, -0.2) is 13.6 Å². The second kappa shape index (κ2) is 8.87. The molecule has 156 valence electrons. The molecular weight excluding hydrogens is 383 g/mol. The van der Waals surface area contributed by atoms with Crippen molar-refractivity contribution < 1.29 is 26.5 Å². The molecular formula is C19H23F5N2O2. The number of nitrogens with zero attached hydrogens (tertiary/aromatic N) is 2. The number of halogens is 5. The zero-order valence-corrected chi connectivity index (χ0v) is 15.7. The summed E-state index contributed by atoms with van der Waals surface area (Å²) in [5, 5.41) is 3.59. The smallest absolute Gasteiger partial charge is 0.296 e. The Labute approximate surface area is 159 Å². The van der Waals surface area contributed by atoms with E-state index in [0.717, 1.165) is 10.6 Å². The molecule has 0 unspecified atom stereocenters. The number of hydrogen-bond donors (Lipinski definition) is 0. The van der Waals surface area contributed by atoms with Crippen molar-refractivity contribution in [2.45, 2.75) is 64.6 Å². The molecule has 1 fully saturated rings. The Hall–Kier alpha value is -2.19.